The molecule has 0 spiro atoms. The topological polar surface area (TPSA) is 58.6 Å². The van der Waals surface area contributed by atoms with Gasteiger partial charge in [0.25, 0.3) is 0 Å². The average molecular weight is 317 g/mol. The molecule has 0 heterocycles. The molecule has 126 valence electrons. The van der Waals surface area contributed by atoms with Crippen molar-refractivity contribution in [1.82, 2.24) is 5.32 Å². The SMILES string of the molecule is CCC(C)Oc1ccccc1C=CC(=O)NC1CCC(O)CC1. The number of carbonyl (C=O) groups is 1. The number of aliphatic hydroxyl groups excluding tert-OH is 1. The molecule has 1 aliphatic carbocycles. The van der Waals surface area contributed by atoms with Crippen LogP contribution in [-0.4, -0.2) is 29.3 Å². The van der Waals surface area contributed by atoms with Gasteiger partial charge in [0.05, 0.1) is 12.2 Å². The summed E-state index contributed by atoms with van der Waals surface area (Å²) in [5, 5.41) is 12.5. The molecule has 0 saturated heterocycles. The average Bonchev–Trinajstić information content (AvgIpc) is 2.56. The number of hydrogen-bond donors (Lipinski definition) is 2. The Balaban J connectivity index is 1.93. The summed E-state index contributed by atoms with van der Waals surface area (Å²) in [5.74, 6) is 0.705. The summed E-state index contributed by atoms with van der Waals surface area (Å²) in [6.07, 6.45) is 7.44. The van der Waals surface area contributed by atoms with E-state index in [9.17, 15) is 9.90 Å². The maximum Gasteiger partial charge on any atom is 0.244 e. The van der Waals surface area contributed by atoms with E-state index < -0.39 is 0 Å². The van der Waals surface area contributed by atoms with E-state index in [1.807, 2.05) is 31.2 Å². The molecule has 1 fully saturated rings. The first-order chi connectivity index (χ1) is 11.1. The zero-order valence-corrected chi connectivity index (χ0v) is 14.0. The predicted molar refractivity (Wildman–Crippen MR) is 92.3 cm³/mol. The molecular weight excluding hydrogens is 290 g/mol. The smallest absolute Gasteiger partial charge is 0.244 e. The van der Waals surface area contributed by atoms with Crippen LogP contribution in [0.25, 0.3) is 6.08 Å². The van der Waals surface area contributed by atoms with Gasteiger partial charge in [0, 0.05) is 17.7 Å². The lowest BCUT2D eigenvalue weighted by Gasteiger charge is -2.25. The van der Waals surface area contributed by atoms with Crippen molar-refractivity contribution in [1.29, 1.82) is 0 Å². The van der Waals surface area contributed by atoms with Crippen molar-refractivity contribution in [2.75, 3.05) is 0 Å². The minimum atomic E-state index is -0.205. The second-order valence-electron chi connectivity index (χ2n) is 6.22. The summed E-state index contributed by atoms with van der Waals surface area (Å²) in [4.78, 5) is 12.1. The van der Waals surface area contributed by atoms with Gasteiger partial charge in [-0.05, 0) is 51.2 Å². The van der Waals surface area contributed by atoms with E-state index in [1.54, 1.807) is 12.2 Å². The van der Waals surface area contributed by atoms with E-state index in [2.05, 4.69) is 12.2 Å². The molecule has 0 radical (unpaired) electrons. The van der Waals surface area contributed by atoms with Crippen molar-refractivity contribution in [2.24, 2.45) is 0 Å². The Morgan fingerprint density at radius 1 is 1.35 bits per heavy atom. The first-order valence-corrected chi connectivity index (χ1v) is 8.50. The summed E-state index contributed by atoms with van der Waals surface area (Å²) in [6.45, 7) is 4.11. The fourth-order valence-corrected chi connectivity index (χ4v) is 2.66. The van der Waals surface area contributed by atoms with Gasteiger partial charge >= 0.3 is 0 Å². The molecule has 2 N–H and O–H groups in total. The van der Waals surface area contributed by atoms with Crippen LogP contribution < -0.4 is 10.1 Å². The Kier molecular flexibility index (Phi) is 6.66. The van der Waals surface area contributed by atoms with Crippen LogP contribution in [0.1, 0.15) is 51.5 Å². The summed E-state index contributed by atoms with van der Waals surface area (Å²) in [5.41, 5.74) is 0.905. The van der Waals surface area contributed by atoms with Crippen molar-refractivity contribution >= 4 is 12.0 Å². The van der Waals surface area contributed by atoms with Crippen LogP contribution >= 0.6 is 0 Å². The lowest BCUT2D eigenvalue weighted by molar-refractivity contribution is -0.117. The molecule has 0 aromatic heterocycles. The standard InChI is InChI=1S/C19H27NO3/c1-3-14(2)23-18-7-5-4-6-15(18)8-13-19(22)20-16-9-11-17(21)12-10-16/h4-8,13-14,16-17,21H,3,9-12H2,1-2H3,(H,20,22). The number of carbonyl (C=O) groups excluding carboxylic acids is 1. The van der Waals surface area contributed by atoms with Crippen LogP contribution in [-0.2, 0) is 4.79 Å². The molecule has 1 saturated carbocycles. The second kappa shape index (κ2) is 8.73. The van der Waals surface area contributed by atoms with Gasteiger partial charge in [-0.2, -0.15) is 0 Å². The van der Waals surface area contributed by atoms with Crippen LogP contribution in [0.15, 0.2) is 30.3 Å². The summed E-state index contributed by atoms with van der Waals surface area (Å²) in [6, 6.07) is 7.90. The minimum Gasteiger partial charge on any atom is -0.490 e. The number of hydrogen-bond acceptors (Lipinski definition) is 3. The van der Waals surface area contributed by atoms with Gasteiger partial charge in [-0.1, -0.05) is 25.1 Å². The largest absolute Gasteiger partial charge is 0.490 e. The Hall–Kier alpha value is -1.81. The van der Waals surface area contributed by atoms with E-state index in [-0.39, 0.29) is 24.2 Å². The Morgan fingerprint density at radius 3 is 2.74 bits per heavy atom. The van der Waals surface area contributed by atoms with Crippen molar-refractivity contribution in [2.45, 2.75) is 64.2 Å². The number of ether oxygens (including phenoxy) is 1. The maximum atomic E-state index is 12.1. The molecular formula is C19H27NO3. The fraction of sp³-hybridized carbons (Fsp3) is 0.526. The predicted octanol–water partition coefficient (Wildman–Crippen LogP) is 3.30. The fourth-order valence-electron chi connectivity index (χ4n) is 2.66. The van der Waals surface area contributed by atoms with Crippen LogP contribution in [0.2, 0.25) is 0 Å². The van der Waals surface area contributed by atoms with E-state index in [1.165, 1.54) is 0 Å². The number of nitrogens with one attached hydrogen (secondary N) is 1. The van der Waals surface area contributed by atoms with Gasteiger partial charge in [-0.3, -0.25) is 4.79 Å². The van der Waals surface area contributed by atoms with Gasteiger partial charge in [-0.15, -0.1) is 0 Å². The van der Waals surface area contributed by atoms with Gasteiger partial charge < -0.3 is 15.2 Å². The molecule has 1 aromatic carbocycles. The molecule has 1 aliphatic rings. The van der Waals surface area contributed by atoms with Crippen LogP contribution in [0.5, 0.6) is 5.75 Å². The van der Waals surface area contributed by atoms with Gasteiger partial charge in [0.1, 0.15) is 5.75 Å². The Labute approximate surface area is 138 Å². The maximum absolute atomic E-state index is 12.1. The first-order valence-electron chi connectivity index (χ1n) is 8.50. The molecule has 1 atom stereocenters. The van der Waals surface area contributed by atoms with E-state index in [0.717, 1.165) is 43.4 Å². The Bertz CT molecular complexity index is 533. The van der Waals surface area contributed by atoms with Crippen molar-refractivity contribution < 1.29 is 14.6 Å². The normalized spacial score (nSPS) is 22.7. The van der Waals surface area contributed by atoms with E-state index in [0.29, 0.717) is 0 Å². The second-order valence-corrected chi connectivity index (χ2v) is 6.22. The van der Waals surface area contributed by atoms with Crippen molar-refractivity contribution in [3.63, 3.8) is 0 Å². The molecule has 4 heteroatoms. The highest BCUT2D eigenvalue weighted by Crippen LogP contribution is 2.22. The van der Waals surface area contributed by atoms with Gasteiger partial charge in [-0.25, -0.2) is 0 Å². The first kappa shape index (κ1) is 17.5. The van der Waals surface area contributed by atoms with Crippen LogP contribution in [0, 0.1) is 0 Å². The number of aliphatic hydroxyl groups is 1. The lowest BCUT2D eigenvalue weighted by Crippen LogP contribution is -2.37. The monoisotopic (exact) mass is 317 g/mol. The highest BCUT2D eigenvalue weighted by atomic mass is 16.5. The Morgan fingerprint density at radius 2 is 2.04 bits per heavy atom. The number of benzene rings is 1. The highest BCUT2D eigenvalue weighted by molar-refractivity contribution is 5.92. The van der Waals surface area contributed by atoms with Gasteiger partial charge in [0.15, 0.2) is 0 Å². The van der Waals surface area contributed by atoms with Crippen molar-refractivity contribution in [3.05, 3.63) is 35.9 Å². The van der Waals surface area contributed by atoms with Crippen molar-refractivity contribution in [3.8, 4) is 5.75 Å². The third-order valence-electron chi connectivity index (χ3n) is 4.28. The third kappa shape index (κ3) is 5.71. The number of rotatable bonds is 6. The molecule has 2 rings (SSSR count). The van der Waals surface area contributed by atoms with E-state index >= 15 is 0 Å². The molecule has 0 aliphatic heterocycles. The quantitative estimate of drug-likeness (QED) is 0.792. The van der Waals surface area contributed by atoms with Crippen LogP contribution in [0.3, 0.4) is 0 Å². The summed E-state index contributed by atoms with van der Waals surface area (Å²) in [7, 11) is 0. The third-order valence-corrected chi connectivity index (χ3v) is 4.28. The minimum absolute atomic E-state index is 0.0928. The highest BCUT2D eigenvalue weighted by Gasteiger charge is 2.19. The number of para-hydroxylation sites is 1. The summed E-state index contributed by atoms with van der Waals surface area (Å²) >= 11 is 0. The summed E-state index contributed by atoms with van der Waals surface area (Å²) < 4.78 is 5.88. The molecule has 1 aromatic rings. The van der Waals surface area contributed by atoms with E-state index in [4.69, 9.17) is 4.74 Å². The van der Waals surface area contributed by atoms with Crippen LogP contribution in [0.4, 0.5) is 0 Å². The molecule has 4 nitrogen and oxygen atoms in total. The number of amides is 1. The zero-order valence-electron chi connectivity index (χ0n) is 14.0. The zero-order chi connectivity index (χ0) is 16.7. The van der Waals surface area contributed by atoms with Gasteiger partial charge in [0.2, 0.25) is 5.91 Å². The lowest BCUT2D eigenvalue weighted by atomic mass is 9.93. The molecule has 0 bridgehead atoms. The molecule has 1 unspecified atom stereocenters. The molecule has 1 amide bonds. The molecule has 23 heavy (non-hydrogen) atoms.